The van der Waals surface area contributed by atoms with Crippen molar-refractivity contribution in [1.82, 2.24) is 10.2 Å². The molecule has 2 aromatic carbocycles. The van der Waals surface area contributed by atoms with Gasteiger partial charge in [0.2, 0.25) is 0 Å². The first kappa shape index (κ1) is 13.2. The molecule has 0 aliphatic heterocycles. The van der Waals surface area contributed by atoms with Crippen LogP contribution in [0.5, 0.6) is 0 Å². The number of hydrogen-bond acceptors (Lipinski definition) is 3. The fourth-order valence-electron chi connectivity index (χ4n) is 1.84. The van der Waals surface area contributed by atoms with E-state index < -0.39 is 0 Å². The Bertz CT molecular complexity index is 715. The lowest BCUT2D eigenvalue weighted by Gasteiger charge is -2.04. The van der Waals surface area contributed by atoms with Gasteiger partial charge in [-0.05, 0) is 17.7 Å². The summed E-state index contributed by atoms with van der Waals surface area (Å²) in [6.45, 7) is 0. The number of aromatic nitrogens is 2. The molecule has 1 aromatic heterocycles. The SMILES string of the molecule is Fc1cccc(-c2nnc(C(Cl)c3ccccc3)s2)c1. The van der Waals surface area contributed by atoms with Crippen LogP contribution in [0.15, 0.2) is 54.6 Å². The summed E-state index contributed by atoms with van der Waals surface area (Å²) in [6.07, 6.45) is 0. The minimum atomic E-state index is -0.337. The van der Waals surface area contributed by atoms with Crippen LogP contribution < -0.4 is 0 Å². The number of hydrogen-bond donors (Lipinski definition) is 0. The molecule has 0 saturated heterocycles. The monoisotopic (exact) mass is 304 g/mol. The van der Waals surface area contributed by atoms with Crippen molar-refractivity contribution in [2.24, 2.45) is 0 Å². The van der Waals surface area contributed by atoms with E-state index in [2.05, 4.69) is 10.2 Å². The Morgan fingerprint density at radius 2 is 1.80 bits per heavy atom. The fraction of sp³-hybridized carbons (Fsp3) is 0.0667. The minimum Gasteiger partial charge on any atom is -0.207 e. The highest BCUT2D eigenvalue weighted by molar-refractivity contribution is 7.15. The van der Waals surface area contributed by atoms with Gasteiger partial charge in [-0.3, -0.25) is 0 Å². The zero-order valence-electron chi connectivity index (χ0n) is 10.3. The molecule has 3 rings (SSSR count). The van der Waals surface area contributed by atoms with E-state index in [1.165, 1.54) is 23.5 Å². The zero-order valence-corrected chi connectivity index (χ0v) is 11.9. The molecule has 0 bridgehead atoms. The summed E-state index contributed by atoms with van der Waals surface area (Å²) in [5.74, 6) is -0.287. The Morgan fingerprint density at radius 3 is 2.55 bits per heavy atom. The number of nitrogens with zero attached hydrogens (tertiary/aromatic N) is 2. The van der Waals surface area contributed by atoms with Gasteiger partial charge in [-0.15, -0.1) is 21.8 Å². The van der Waals surface area contributed by atoms with Crippen molar-refractivity contribution < 1.29 is 4.39 Å². The lowest BCUT2D eigenvalue weighted by Crippen LogP contribution is -1.91. The van der Waals surface area contributed by atoms with Gasteiger partial charge in [-0.25, -0.2) is 4.39 Å². The number of benzene rings is 2. The van der Waals surface area contributed by atoms with Gasteiger partial charge < -0.3 is 0 Å². The third-order valence-electron chi connectivity index (χ3n) is 2.82. The molecule has 1 heterocycles. The molecule has 5 heteroatoms. The van der Waals surface area contributed by atoms with Crippen LogP contribution in [0.25, 0.3) is 10.6 Å². The number of rotatable bonds is 3. The maximum atomic E-state index is 13.2. The van der Waals surface area contributed by atoms with Gasteiger partial charge in [0.15, 0.2) is 0 Å². The van der Waals surface area contributed by atoms with Gasteiger partial charge in [0, 0.05) is 5.56 Å². The standard InChI is InChI=1S/C15H10ClFN2S/c16-13(10-5-2-1-3-6-10)15-19-18-14(20-15)11-7-4-8-12(17)9-11/h1-9,13H. The van der Waals surface area contributed by atoms with E-state index in [9.17, 15) is 4.39 Å². The van der Waals surface area contributed by atoms with E-state index in [1.807, 2.05) is 30.3 Å². The molecule has 1 atom stereocenters. The Balaban J connectivity index is 1.91. The summed E-state index contributed by atoms with van der Waals surface area (Å²) in [7, 11) is 0. The smallest absolute Gasteiger partial charge is 0.147 e. The van der Waals surface area contributed by atoms with Crippen molar-refractivity contribution in [2.45, 2.75) is 5.38 Å². The van der Waals surface area contributed by atoms with Crippen molar-refractivity contribution >= 4 is 22.9 Å². The van der Waals surface area contributed by atoms with Crippen LogP contribution in [-0.2, 0) is 0 Å². The Kier molecular flexibility index (Phi) is 3.76. The fourth-order valence-corrected chi connectivity index (χ4v) is 3.01. The average molecular weight is 305 g/mol. The van der Waals surface area contributed by atoms with Gasteiger partial charge in [0.25, 0.3) is 0 Å². The first-order chi connectivity index (χ1) is 9.74. The Morgan fingerprint density at radius 1 is 1.00 bits per heavy atom. The van der Waals surface area contributed by atoms with Crippen LogP contribution in [0, 0.1) is 5.82 Å². The van der Waals surface area contributed by atoms with Crippen molar-refractivity contribution in [3.05, 3.63) is 71.0 Å². The second kappa shape index (κ2) is 5.69. The molecule has 0 fully saturated rings. The molecule has 20 heavy (non-hydrogen) atoms. The third kappa shape index (κ3) is 2.71. The van der Waals surface area contributed by atoms with Crippen molar-refractivity contribution in [3.63, 3.8) is 0 Å². The van der Waals surface area contributed by atoms with E-state index >= 15 is 0 Å². The van der Waals surface area contributed by atoms with Crippen molar-refractivity contribution in [3.8, 4) is 10.6 Å². The molecule has 0 amide bonds. The molecular weight excluding hydrogens is 295 g/mol. The second-order valence-electron chi connectivity index (χ2n) is 4.23. The van der Waals surface area contributed by atoms with Gasteiger partial charge in [-0.2, -0.15) is 0 Å². The molecule has 0 N–H and O–H groups in total. The predicted molar refractivity (Wildman–Crippen MR) is 79.4 cm³/mol. The largest absolute Gasteiger partial charge is 0.207 e. The molecule has 0 spiro atoms. The molecule has 0 aliphatic carbocycles. The van der Waals surface area contributed by atoms with Crippen molar-refractivity contribution in [2.75, 3.05) is 0 Å². The summed E-state index contributed by atoms with van der Waals surface area (Å²) < 4.78 is 13.2. The summed E-state index contributed by atoms with van der Waals surface area (Å²) in [5, 5.41) is 9.24. The molecule has 2 nitrogen and oxygen atoms in total. The molecule has 0 saturated carbocycles. The van der Waals surface area contributed by atoms with Gasteiger partial charge in [0.1, 0.15) is 21.2 Å². The third-order valence-corrected chi connectivity index (χ3v) is 4.45. The second-order valence-corrected chi connectivity index (χ2v) is 5.67. The van der Waals surface area contributed by atoms with Gasteiger partial charge >= 0.3 is 0 Å². The van der Waals surface area contributed by atoms with Crippen LogP contribution in [0.1, 0.15) is 15.9 Å². The lowest BCUT2D eigenvalue weighted by atomic mass is 10.1. The van der Waals surface area contributed by atoms with Crippen LogP contribution in [0.4, 0.5) is 4.39 Å². The number of halogens is 2. The highest BCUT2D eigenvalue weighted by Gasteiger charge is 2.16. The molecule has 1 unspecified atom stereocenters. The van der Waals surface area contributed by atoms with E-state index in [4.69, 9.17) is 11.6 Å². The maximum Gasteiger partial charge on any atom is 0.147 e. The molecular formula is C15H10ClFN2S. The average Bonchev–Trinajstić information content (AvgIpc) is 2.97. The minimum absolute atomic E-state index is 0.287. The van der Waals surface area contributed by atoms with E-state index in [0.29, 0.717) is 15.6 Å². The maximum absolute atomic E-state index is 13.2. The highest BCUT2D eigenvalue weighted by Crippen LogP contribution is 2.33. The highest BCUT2D eigenvalue weighted by atomic mass is 35.5. The van der Waals surface area contributed by atoms with Crippen LogP contribution in [-0.4, -0.2) is 10.2 Å². The molecule has 0 radical (unpaired) electrons. The van der Waals surface area contributed by atoms with Crippen LogP contribution in [0.3, 0.4) is 0 Å². The quantitative estimate of drug-likeness (QED) is 0.657. The van der Waals surface area contributed by atoms with Crippen LogP contribution >= 0.6 is 22.9 Å². The van der Waals surface area contributed by atoms with Gasteiger partial charge in [0.05, 0.1) is 0 Å². The number of alkyl halides is 1. The summed E-state index contributed by atoms with van der Waals surface area (Å²) >= 11 is 7.77. The van der Waals surface area contributed by atoms with E-state index in [0.717, 1.165) is 5.56 Å². The van der Waals surface area contributed by atoms with E-state index in [-0.39, 0.29) is 11.2 Å². The Hall–Kier alpha value is -1.78. The first-order valence-electron chi connectivity index (χ1n) is 6.02. The topological polar surface area (TPSA) is 25.8 Å². The normalized spacial score (nSPS) is 12.3. The Labute approximate surface area is 124 Å². The van der Waals surface area contributed by atoms with Crippen LogP contribution in [0.2, 0.25) is 0 Å². The molecule has 100 valence electrons. The summed E-state index contributed by atoms with van der Waals surface area (Å²) in [6, 6.07) is 16.0. The summed E-state index contributed by atoms with van der Waals surface area (Å²) in [5.41, 5.74) is 1.68. The molecule has 0 aliphatic rings. The zero-order chi connectivity index (χ0) is 13.9. The summed E-state index contributed by atoms with van der Waals surface area (Å²) in [4.78, 5) is 0. The predicted octanol–water partition coefficient (Wildman–Crippen LogP) is 4.67. The first-order valence-corrected chi connectivity index (χ1v) is 7.27. The lowest BCUT2D eigenvalue weighted by molar-refractivity contribution is 0.628. The van der Waals surface area contributed by atoms with Gasteiger partial charge in [-0.1, -0.05) is 53.8 Å². The molecule has 3 aromatic rings. The van der Waals surface area contributed by atoms with Crippen molar-refractivity contribution in [1.29, 1.82) is 0 Å². The van der Waals surface area contributed by atoms with E-state index in [1.54, 1.807) is 12.1 Å².